The average molecular weight is 494 g/mol. The second-order valence-electron chi connectivity index (χ2n) is 9.55. The fourth-order valence-electron chi connectivity index (χ4n) is 3.53. The van der Waals surface area contributed by atoms with E-state index >= 15 is 0 Å². The Bertz CT molecular complexity index is 1370. The van der Waals surface area contributed by atoms with Gasteiger partial charge in [-0.2, -0.15) is 5.26 Å². The minimum Gasteiger partial charge on any atom is -0.370 e. The molecule has 0 saturated heterocycles. The van der Waals surface area contributed by atoms with Crippen molar-refractivity contribution < 1.29 is 18.8 Å². The molecule has 4 N–H and O–H groups in total. The van der Waals surface area contributed by atoms with E-state index in [2.05, 4.69) is 15.6 Å². The number of imidazole rings is 1. The molecule has 188 valence electrons. The van der Waals surface area contributed by atoms with Crippen molar-refractivity contribution in [2.45, 2.75) is 40.2 Å². The number of anilines is 3. The third kappa shape index (κ3) is 6.35. The van der Waals surface area contributed by atoms with Crippen LogP contribution in [0.2, 0.25) is 0 Å². The smallest absolute Gasteiger partial charge is 0.326 e. The number of carbonyl (C=O) groups excluding carboxylic acids is 3. The van der Waals surface area contributed by atoms with Crippen molar-refractivity contribution in [1.82, 2.24) is 9.55 Å². The van der Waals surface area contributed by atoms with Crippen LogP contribution in [-0.4, -0.2) is 34.4 Å². The Morgan fingerprint density at radius 3 is 2.50 bits per heavy atom. The van der Waals surface area contributed by atoms with Gasteiger partial charge in [0.05, 0.1) is 28.4 Å². The molecule has 0 aliphatic rings. The highest BCUT2D eigenvalue weighted by molar-refractivity contribution is 6.00. The lowest BCUT2D eigenvalue weighted by Gasteiger charge is -2.23. The largest absolute Gasteiger partial charge is 0.370 e. The third-order valence-electron chi connectivity index (χ3n) is 5.33. The summed E-state index contributed by atoms with van der Waals surface area (Å²) in [6.07, 6.45) is 0.352. The van der Waals surface area contributed by atoms with Crippen molar-refractivity contribution in [3.63, 3.8) is 0 Å². The number of rotatable bonds is 7. The monoisotopic (exact) mass is 493 g/mol. The highest BCUT2D eigenvalue weighted by atomic mass is 19.1. The van der Waals surface area contributed by atoms with Gasteiger partial charge in [0, 0.05) is 32.1 Å². The fraction of sp³-hybridized carbons (Fsp3) is 0.320. The number of hydrogen-bond acceptors (Lipinski definition) is 5. The van der Waals surface area contributed by atoms with Crippen LogP contribution in [0.15, 0.2) is 36.4 Å². The molecule has 1 heterocycles. The number of nitriles is 1. The Balaban J connectivity index is 1.90. The highest BCUT2D eigenvalue weighted by Gasteiger charge is 2.21. The van der Waals surface area contributed by atoms with E-state index in [0.29, 0.717) is 23.1 Å². The van der Waals surface area contributed by atoms with E-state index in [1.54, 1.807) is 34.7 Å². The van der Waals surface area contributed by atoms with Crippen LogP contribution in [0.3, 0.4) is 0 Å². The minimum absolute atomic E-state index is 0.00225. The van der Waals surface area contributed by atoms with Crippen LogP contribution in [0.1, 0.15) is 39.2 Å². The number of nitrogens with two attached hydrogens (primary N) is 1. The number of carbonyl (C=O) groups is 3. The Kier molecular flexibility index (Phi) is 7.58. The van der Waals surface area contributed by atoms with E-state index in [0.717, 1.165) is 6.07 Å². The number of halogens is 1. The normalized spacial score (nSPS) is 11.1. The third-order valence-corrected chi connectivity index (χ3v) is 5.33. The zero-order valence-electron chi connectivity index (χ0n) is 20.6. The Morgan fingerprint density at radius 2 is 1.89 bits per heavy atom. The maximum Gasteiger partial charge on any atom is 0.326 e. The van der Waals surface area contributed by atoms with Gasteiger partial charge in [-0.1, -0.05) is 20.8 Å². The van der Waals surface area contributed by atoms with Crippen molar-refractivity contribution in [3.8, 4) is 6.07 Å². The van der Waals surface area contributed by atoms with Crippen LogP contribution in [0.25, 0.3) is 11.0 Å². The quantitative estimate of drug-likeness (QED) is 0.456. The summed E-state index contributed by atoms with van der Waals surface area (Å²) in [5.41, 5.74) is 6.84. The first-order chi connectivity index (χ1) is 16.9. The molecular formula is C25H28FN7O3. The predicted molar refractivity (Wildman–Crippen MR) is 135 cm³/mol. The molecule has 10 nitrogen and oxygen atoms in total. The molecule has 36 heavy (non-hydrogen) atoms. The number of nitrogens with one attached hydrogen (secondary N) is 2. The summed E-state index contributed by atoms with van der Waals surface area (Å²) in [4.78, 5) is 42.7. The van der Waals surface area contributed by atoms with Crippen LogP contribution >= 0.6 is 0 Å². The fourth-order valence-corrected chi connectivity index (χ4v) is 3.53. The summed E-state index contributed by atoms with van der Waals surface area (Å²) in [5, 5.41) is 13.8. The molecular weight excluding hydrogens is 465 g/mol. The topological polar surface area (TPSA) is 146 Å². The minimum atomic E-state index is -0.771. The molecule has 0 aliphatic carbocycles. The maximum absolute atomic E-state index is 14.2. The van der Waals surface area contributed by atoms with Gasteiger partial charge in [0.15, 0.2) is 0 Å². The molecule has 11 heteroatoms. The van der Waals surface area contributed by atoms with Crippen molar-refractivity contribution in [3.05, 3.63) is 47.8 Å². The number of primary amides is 1. The van der Waals surface area contributed by atoms with Crippen LogP contribution in [0.5, 0.6) is 0 Å². The van der Waals surface area contributed by atoms with E-state index in [9.17, 15) is 18.8 Å². The molecule has 3 aromatic rings. The lowest BCUT2D eigenvalue weighted by atomic mass is 9.91. The molecule has 1 aromatic heterocycles. The lowest BCUT2D eigenvalue weighted by molar-refractivity contribution is -0.120. The number of urea groups is 1. The number of hydrogen-bond donors (Lipinski definition) is 3. The summed E-state index contributed by atoms with van der Waals surface area (Å²) in [5.74, 6) is -1.24. The van der Waals surface area contributed by atoms with Crippen molar-refractivity contribution >= 4 is 46.2 Å². The second kappa shape index (κ2) is 10.4. The molecule has 0 saturated carbocycles. The lowest BCUT2D eigenvalue weighted by Crippen LogP contribution is -2.29. The van der Waals surface area contributed by atoms with Gasteiger partial charge < -0.3 is 20.5 Å². The van der Waals surface area contributed by atoms with Gasteiger partial charge in [-0.3, -0.25) is 14.9 Å². The Morgan fingerprint density at radius 1 is 1.17 bits per heavy atom. The highest BCUT2D eigenvalue weighted by Crippen LogP contribution is 2.27. The molecule has 0 unspecified atom stereocenters. The van der Waals surface area contributed by atoms with Gasteiger partial charge in [0.1, 0.15) is 5.82 Å². The van der Waals surface area contributed by atoms with Crippen LogP contribution < -0.4 is 21.3 Å². The zero-order chi connectivity index (χ0) is 26.6. The Hall–Kier alpha value is -4.46. The number of benzene rings is 2. The van der Waals surface area contributed by atoms with E-state index < -0.39 is 17.8 Å². The maximum atomic E-state index is 14.2. The van der Waals surface area contributed by atoms with Crippen molar-refractivity contribution in [2.24, 2.45) is 11.1 Å². The number of aryl methyl sites for hydroxylation is 1. The molecule has 0 radical (unpaired) electrons. The van der Waals surface area contributed by atoms with Crippen LogP contribution in [-0.2, 0) is 16.1 Å². The van der Waals surface area contributed by atoms with Crippen molar-refractivity contribution in [1.29, 1.82) is 5.26 Å². The number of amides is 4. The first-order valence-electron chi connectivity index (χ1n) is 11.2. The number of aromatic nitrogens is 2. The molecule has 0 aliphatic heterocycles. The van der Waals surface area contributed by atoms with E-state index in [1.165, 1.54) is 12.1 Å². The summed E-state index contributed by atoms with van der Waals surface area (Å²) in [6.45, 7) is 6.09. The molecule has 0 fully saturated rings. The molecule has 0 bridgehead atoms. The first-order valence-corrected chi connectivity index (χ1v) is 11.2. The average Bonchev–Trinajstić information content (AvgIpc) is 3.13. The van der Waals surface area contributed by atoms with Gasteiger partial charge in [-0.05, 0) is 41.8 Å². The predicted octanol–water partition coefficient (Wildman–Crippen LogP) is 3.97. The van der Waals surface area contributed by atoms with Gasteiger partial charge in [0.25, 0.3) is 0 Å². The molecule has 3 rings (SSSR count). The SMILES string of the molecule is CN(C(=O)CC(C)(C)C)c1ccc2c(c1)nc(NC(=O)Nc1ccc(C#N)cc1F)n2CCC(N)=O. The number of nitrogens with zero attached hydrogens (tertiary/aromatic N) is 4. The molecule has 4 amide bonds. The van der Waals surface area contributed by atoms with Gasteiger partial charge in [0.2, 0.25) is 17.8 Å². The summed E-state index contributed by atoms with van der Waals surface area (Å²) >= 11 is 0. The van der Waals surface area contributed by atoms with Crippen LogP contribution in [0, 0.1) is 22.6 Å². The van der Waals surface area contributed by atoms with E-state index in [-0.39, 0.29) is 41.5 Å². The number of fused-ring (bicyclic) bond motifs is 1. The molecule has 2 aromatic carbocycles. The summed E-state index contributed by atoms with van der Waals surface area (Å²) < 4.78 is 15.8. The van der Waals surface area contributed by atoms with Gasteiger partial charge in [-0.25, -0.2) is 14.2 Å². The van der Waals surface area contributed by atoms with Crippen molar-refractivity contribution in [2.75, 3.05) is 22.6 Å². The molecule has 0 spiro atoms. The van der Waals surface area contributed by atoms with Gasteiger partial charge in [-0.15, -0.1) is 0 Å². The van der Waals surface area contributed by atoms with Gasteiger partial charge >= 0.3 is 6.03 Å². The van der Waals surface area contributed by atoms with E-state index in [4.69, 9.17) is 11.0 Å². The summed E-state index contributed by atoms with van der Waals surface area (Å²) in [7, 11) is 1.68. The van der Waals surface area contributed by atoms with E-state index in [1.807, 2.05) is 26.8 Å². The Labute approximate surface area is 207 Å². The van der Waals surface area contributed by atoms with Crippen LogP contribution in [0.4, 0.5) is 26.5 Å². The molecule has 0 atom stereocenters. The second-order valence-corrected chi connectivity index (χ2v) is 9.55. The summed E-state index contributed by atoms with van der Waals surface area (Å²) in [6, 6.07) is 9.91. The zero-order valence-corrected chi connectivity index (χ0v) is 20.6. The standard InChI is InChI=1S/C25H28FN7O3/c1-25(2,3)13-22(35)32(4)16-6-8-20-19(12-16)29-23(33(20)10-9-21(28)34)31-24(36)30-18-7-5-15(14-27)11-17(18)26/h5-8,11-12H,9-10,13H2,1-4H3,(H2,28,34)(H2,29,30,31,36). The first kappa shape index (κ1) is 26.2.